The monoisotopic (exact) mass is 523 g/mol. The van der Waals surface area contributed by atoms with Crippen molar-refractivity contribution in [2.75, 3.05) is 26.2 Å². The van der Waals surface area contributed by atoms with Crippen molar-refractivity contribution in [1.82, 2.24) is 15.1 Å². The molecule has 3 saturated heterocycles. The lowest BCUT2D eigenvalue weighted by molar-refractivity contribution is -0.172. The molecule has 4 fully saturated rings. The van der Waals surface area contributed by atoms with Gasteiger partial charge in [0.05, 0.1) is 0 Å². The summed E-state index contributed by atoms with van der Waals surface area (Å²) in [5, 5.41) is 5.83. The molecule has 4 bridgehead atoms. The van der Waals surface area contributed by atoms with Crippen LogP contribution in [0.1, 0.15) is 38.3 Å². The summed E-state index contributed by atoms with van der Waals surface area (Å²) in [5.41, 5.74) is 1.77. The molecule has 0 radical (unpaired) electrons. The molecule has 4 aliphatic rings. The van der Waals surface area contributed by atoms with Crippen LogP contribution in [0, 0.1) is 23.7 Å². The third-order valence-electron chi connectivity index (χ3n) is 9.60. The summed E-state index contributed by atoms with van der Waals surface area (Å²) < 4.78 is 0. The van der Waals surface area contributed by atoms with Crippen LogP contribution < -0.4 is 5.32 Å². The first-order valence-electron chi connectivity index (χ1n) is 14.7. The van der Waals surface area contributed by atoms with E-state index in [1.54, 1.807) is 6.92 Å². The van der Waals surface area contributed by atoms with Crippen molar-refractivity contribution in [2.45, 2.75) is 51.6 Å². The zero-order chi connectivity index (χ0) is 27.1. The summed E-state index contributed by atoms with van der Waals surface area (Å²) in [6.07, 6.45) is 2.74. The standard InChI is InChI=1S/C34H41N3O2/c1-23(2)20-36-22-29-19-28-21-37(24(3)38)34(29,32(36)31(28)18-25-10-5-4-6-11-25)33(39)35-17-16-27-14-9-13-26-12-7-8-15-30(26)27/h4-15,23,28-29,31-32H,16-22H2,1-3H3,(H,35,39)/t28-,29-,31+,32-,34-/m0/s1. The number of carbonyl (C=O) groups excluding carboxylic acids is 2. The van der Waals surface area contributed by atoms with Crippen molar-refractivity contribution in [3.05, 3.63) is 83.9 Å². The minimum atomic E-state index is -0.798. The molecule has 3 aliphatic heterocycles. The topological polar surface area (TPSA) is 52.7 Å². The van der Waals surface area contributed by atoms with E-state index in [-0.39, 0.29) is 23.8 Å². The molecule has 3 aromatic carbocycles. The quantitative estimate of drug-likeness (QED) is 0.455. The zero-order valence-electron chi connectivity index (χ0n) is 23.5. The molecule has 0 spiro atoms. The normalized spacial score (nSPS) is 27.8. The molecule has 5 heteroatoms. The van der Waals surface area contributed by atoms with Crippen LogP contribution >= 0.6 is 0 Å². The van der Waals surface area contributed by atoms with Crippen molar-refractivity contribution in [2.24, 2.45) is 23.7 Å². The number of hydrogen-bond donors (Lipinski definition) is 1. The maximum Gasteiger partial charge on any atom is 0.247 e. The van der Waals surface area contributed by atoms with E-state index in [0.717, 1.165) is 32.4 Å². The molecular formula is C34H41N3O2. The molecule has 204 valence electrons. The minimum Gasteiger partial charge on any atom is -0.354 e. The van der Waals surface area contributed by atoms with E-state index in [4.69, 9.17) is 0 Å². The van der Waals surface area contributed by atoms with E-state index >= 15 is 0 Å². The predicted molar refractivity (Wildman–Crippen MR) is 156 cm³/mol. The molecule has 7 rings (SSSR count). The second-order valence-corrected chi connectivity index (χ2v) is 12.4. The van der Waals surface area contributed by atoms with Crippen LogP contribution in [0.3, 0.4) is 0 Å². The molecule has 3 heterocycles. The number of amides is 2. The van der Waals surface area contributed by atoms with E-state index in [9.17, 15) is 9.59 Å². The van der Waals surface area contributed by atoms with E-state index < -0.39 is 5.54 Å². The number of fused-ring (bicyclic) bond motifs is 2. The Morgan fingerprint density at radius 1 is 0.974 bits per heavy atom. The lowest BCUT2D eigenvalue weighted by Gasteiger charge is -2.61. The van der Waals surface area contributed by atoms with Crippen LogP contribution in [0.15, 0.2) is 72.8 Å². The Morgan fingerprint density at radius 3 is 2.49 bits per heavy atom. The van der Waals surface area contributed by atoms with Gasteiger partial charge in [-0.25, -0.2) is 0 Å². The number of nitrogens with zero attached hydrogens (tertiary/aromatic N) is 2. The fourth-order valence-corrected chi connectivity index (χ4v) is 8.30. The maximum atomic E-state index is 14.5. The molecule has 0 aromatic heterocycles. The Bertz CT molecular complexity index is 1350. The van der Waals surface area contributed by atoms with Gasteiger partial charge in [0.25, 0.3) is 0 Å². The Balaban J connectivity index is 1.32. The number of likely N-dealkylation sites (tertiary alicyclic amines) is 1. The van der Waals surface area contributed by atoms with E-state index in [0.29, 0.717) is 30.8 Å². The highest BCUT2D eigenvalue weighted by Gasteiger charge is 2.71. The molecule has 1 N–H and O–H groups in total. The van der Waals surface area contributed by atoms with Gasteiger partial charge in [-0.2, -0.15) is 0 Å². The van der Waals surface area contributed by atoms with Crippen LogP contribution in [0.25, 0.3) is 10.8 Å². The van der Waals surface area contributed by atoms with Gasteiger partial charge < -0.3 is 10.2 Å². The first kappa shape index (κ1) is 26.1. The van der Waals surface area contributed by atoms with E-state index in [1.807, 2.05) is 4.90 Å². The average molecular weight is 524 g/mol. The Morgan fingerprint density at radius 2 is 1.72 bits per heavy atom. The number of rotatable bonds is 8. The minimum absolute atomic E-state index is 0.0310. The summed E-state index contributed by atoms with van der Waals surface area (Å²) in [4.78, 5) is 32.2. The van der Waals surface area contributed by atoms with Gasteiger partial charge in [0.2, 0.25) is 11.8 Å². The van der Waals surface area contributed by atoms with E-state index in [2.05, 4.69) is 96.9 Å². The van der Waals surface area contributed by atoms with Crippen LogP contribution in [-0.2, 0) is 22.4 Å². The highest BCUT2D eigenvalue weighted by molar-refractivity contribution is 5.94. The number of carbonyl (C=O) groups is 2. The number of hydrogen-bond acceptors (Lipinski definition) is 3. The Kier molecular flexibility index (Phi) is 6.96. The van der Waals surface area contributed by atoms with Gasteiger partial charge in [0, 0.05) is 45.1 Å². The van der Waals surface area contributed by atoms with Crippen LogP contribution in [0.4, 0.5) is 0 Å². The Hall–Kier alpha value is -3.18. The molecule has 1 saturated carbocycles. The molecule has 39 heavy (non-hydrogen) atoms. The van der Waals surface area contributed by atoms with Gasteiger partial charge in [0.15, 0.2) is 0 Å². The molecule has 3 aromatic rings. The first-order valence-corrected chi connectivity index (χ1v) is 14.7. The fraction of sp³-hybridized carbons (Fsp3) is 0.471. The van der Waals surface area contributed by atoms with Crippen molar-refractivity contribution in [3.8, 4) is 0 Å². The summed E-state index contributed by atoms with van der Waals surface area (Å²) in [7, 11) is 0. The maximum absolute atomic E-state index is 14.5. The smallest absolute Gasteiger partial charge is 0.247 e. The van der Waals surface area contributed by atoms with Crippen LogP contribution in [0.2, 0.25) is 0 Å². The molecule has 0 unspecified atom stereocenters. The summed E-state index contributed by atoms with van der Waals surface area (Å²) in [6.45, 7) is 9.27. The van der Waals surface area contributed by atoms with Gasteiger partial charge in [-0.3, -0.25) is 14.5 Å². The lowest BCUT2D eigenvalue weighted by Crippen LogP contribution is -2.78. The van der Waals surface area contributed by atoms with Crippen LogP contribution in [-0.4, -0.2) is 59.4 Å². The Labute approximate surface area is 232 Å². The molecular weight excluding hydrogens is 482 g/mol. The van der Waals surface area contributed by atoms with Crippen molar-refractivity contribution < 1.29 is 9.59 Å². The number of piperidine rings is 2. The second-order valence-electron chi connectivity index (χ2n) is 12.4. The van der Waals surface area contributed by atoms with Gasteiger partial charge in [-0.1, -0.05) is 86.6 Å². The first-order chi connectivity index (χ1) is 18.9. The van der Waals surface area contributed by atoms with Crippen LogP contribution in [0.5, 0.6) is 0 Å². The SMILES string of the molecule is CC(=O)N1C[C@@H]2C[C@H]3CN(CC(C)C)[C@@H]([C@@H]2Cc2ccccc2)[C@]31C(=O)NCCc1cccc2ccccc12. The van der Waals surface area contributed by atoms with Gasteiger partial charge in [-0.15, -0.1) is 0 Å². The molecule has 5 atom stereocenters. The van der Waals surface area contributed by atoms with Crippen molar-refractivity contribution in [1.29, 1.82) is 0 Å². The van der Waals surface area contributed by atoms with Crippen molar-refractivity contribution in [3.63, 3.8) is 0 Å². The highest BCUT2D eigenvalue weighted by atomic mass is 16.2. The second kappa shape index (κ2) is 10.4. The van der Waals surface area contributed by atoms with E-state index in [1.165, 1.54) is 21.9 Å². The molecule has 2 amide bonds. The summed E-state index contributed by atoms with van der Waals surface area (Å²) >= 11 is 0. The summed E-state index contributed by atoms with van der Waals surface area (Å²) in [6, 6.07) is 25.6. The fourth-order valence-electron chi connectivity index (χ4n) is 8.30. The largest absolute Gasteiger partial charge is 0.354 e. The predicted octanol–water partition coefficient (Wildman–Crippen LogP) is 4.93. The molecule has 5 nitrogen and oxygen atoms in total. The lowest BCUT2D eigenvalue weighted by atomic mass is 9.57. The molecule has 1 aliphatic carbocycles. The highest BCUT2D eigenvalue weighted by Crippen LogP contribution is 2.57. The number of benzene rings is 3. The van der Waals surface area contributed by atoms with Crippen molar-refractivity contribution >= 4 is 22.6 Å². The van der Waals surface area contributed by atoms with Gasteiger partial charge >= 0.3 is 0 Å². The third-order valence-corrected chi connectivity index (χ3v) is 9.60. The van der Waals surface area contributed by atoms with Gasteiger partial charge in [-0.05, 0) is 58.9 Å². The summed E-state index contributed by atoms with van der Waals surface area (Å²) in [5.74, 6) is 1.53. The third kappa shape index (κ3) is 4.45. The van der Waals surface area contributed by atoms with Gasteiger partial charge in [0.1, 0.15) is 5.54 Å². The average Bonchev–Trinajstić information content (AvgIpc) is 3.19. The number of nitrogens with one attached hydrogen (secondary N) is 1. The zero-order valence-corrected chi connectivity index (χ0v) is 23.5.